The molecule has 0 N–H and O–H groups in total. The first-order valence-corrected chi connectivity index (χ1v) is 11.2. The van der Waals surface area contributed by atoms with Gasteiger partial charge in [-0.2, -0.15) is 4.98 Å². The van der Waals surface area contributed by atoms with Gasteiger partial charge in [0.2, 0.25) is 5.82 Å². The molecule has 0 aliphatic heterocycles. The van der Waals surface area contributed by atoms with Crippen LogP contribution in [0.1, 0.15) is 22.3 Å². The van der Waals surface area contributed by atoms with Crippen molar-refractivity contribution < 1.29 is 4.52 Å². The van der Waals surface area contributed by atoms with Crippen LogP contribution in [0.3, 0.4) is 0 Å². The molecule has 0 amide bonds. The van der Waals surface area contributed by atoms with Crippen LogP contribution in [-0.4, -0.2) is 19.7 Å². The van der Waals surface area contributed by atoms with Gasteiger partial charge in [-0.3, -0.25) is 9.36 Å². The lowest BCUT2D eigenvalue weighted by Gasteiger charge is -2.08. The molecular weight excluding hydrogens is 444 g/mol. The van der Waals surface area contributed by atoms with Crippen molar-refractivity contribution in [3.05, 3.63) is 86.4 Å². The minimum Gasteiger partial charge on any atom is -0.333 e. The van der Waals surface area contributed by atoms with Crippen LogP contribution in [0.4, 0.5) is 0 Å². The molecule has 32 heavy (non-hydrogen) atoms. The maximum atomic E-state index is 13.3. The molecule has 0 unspecified atom stereocenters. The molecule has 0 aliphatic rings. The van der Waals surface area contributed by atoms with Gasteiger partial charge >= 0.3 is 0 Å². The quantitative estimate of drug-likeness (QED) is 0.337. The van der Waals surface area contributed by atoms with E-state index in [2.05, 4.69) is 41.1 Å². The number of halogens is 1. The molecular formula is C24H19ClN4O2S. The first-order chi connectivity index (χ1) is 15.4. The zero-order valence-electron chi connectivity index (χ0n) is 17.7. The lowest BCUT2D eigenvalue weighted by Crippen LogP contribution is -2.21. The van der Waals surface area contributed by atoms with Gasteiger partial charge in [0, 0.05) is 10.6 Å². The zero-order chi connectivity index (χ0) is 22.4. The molecule has 160 valence electrons. The summed E-state index contributed by atoms with van der Waals surface area (Å²) in [4.78, 5) is 23.7. The molecule has 0 radical (unpaired) electrons. The van der Waals surface area contributed by atoms with E-state index < -0.39 is 0 Å². The average Bonchev–Trinajstić information content (AvgIpc) is 3.38. The van der Waals surface area contributed by atoms with Gasteiger partial charge in [0.15, 0.2) is 0 Å². The Morgan fingerprint density at radius 2 is 1.84 bits per heavy atom. The van der Waals surface area contributed by atoms with E-state index in [0.29, 0.717) is 33.5 Å². The van der Waals surface area contributed by atoms with E-state index in [9.17, 15) is 4.79 Å². The van der Waals surface area contributed by atoms with Crippen LogP contribution in [0, 0.1) is 20.8 Å². The van der Waals surface area contributed by atoms with Crippen LogP contribution in [0.2, 0.25) is 5.02 Å². The van der Waals surface area contributed by atoms with E-state index in [1.54, 1.807) is 23.0 Å². The molecule has 0 bridgehead atoms. The van der Waals surface area contributed by atoms with Gasteiger partial charge in [-0.1, -0.05) is 35.0 Å². The fourth-order valence-corrected chi connectivity index (χ4v) is 4.79. The normalized spacial score (nSPS) is 11.4. The second-order valence-electron chi connectivity index (χ2n) is 7.76. The molecule has 8 heteroatoms. The van der Waals surface area contributed by atoms with Gasteiger partial charge < -0.3 is 4.52 Å². The number of aromatic nitrogens is 4. The molecule has 0 saturated carbocycles. The highest BCUT2D eigenvalue weighted by Crippen LogP contribution is 2.35. The van der Waals surface area contributed by atoms with Crippen LogP contribution in [-0.2, 0) is 6.54 Å². The van der Waals surface area contributed by atoms with Crippen LogP contribution < -0.4 is 5.56 Å². The minimum atomic E-state index is -0.0781. The van der Waals surface area contributed by atoms with E-state index in [1.807, 2.05) is 25.1 Å². The van der Waals surface area contributed by atoms with E-state index >= 15 is 0 Å². The van der Waals surface area contributed by atoms with Crippen molar-refractivity contribution in [1.29, 1.82) is 0 Å². The number of benzene rings is 2. The fourth-order valence-electron chi connectivity index (χ4n) is 3.61. The number of aryl methyl sites for hydroxylation is 3. The highest BCUT2D eigenvalue weighted by atomic mass is 35.5. The lowest BCUT2D eigenvalue weighted by molar-refractivity contribution is 0.433. The van der Waals surface area contributed by atoms with E-state index in [4.69, 9.17) is 16.1 Å². The predicted molar refractivity (Wildman–Crippen MR) is 127 cm³/mol. The topological polar surface area (TPSA) is 73.8 Å². The van der Waals surface area contributed by atoms with Gasteiger partial charge in [0.1, 0.15) is 4.83 Å². The predicted octanol–water partition coefficient (Wildman–Crippen LogP) is 5.80. The number of fused-ring (bicyclic) bond motifs is 1. The Balaban J connectivity index is 1.53. The summed E-state index contributed by atoms with van der Waals surface area (Å²) in [5.74, 6) is 0.837. The number of hydrogen-bond acceptors (Lipinski definition) is 6. The summed E-state index contributed by atoms with van der Waals surface area (Å²) < 4.78 is 7.16. The smallest absolute Gasteiger partial charge is 0.268 e. The first-order valence-electron chi connectivity index (χ1n) is 10.1. The Morgan fingerprint density at radius 1 is 1.06 bits per heavy atom. The van der Waals surface area contributed by atoms with Crippen molar-refractivity contribution in [2.75, 3.05) is 0 Å². The Morgan fingerprint density at radius 3 is 2.59 bits per heavy atom. The van der Waals surface area contributed by atoms with Crippen molar-refractivity contribution in [2.24, 2.45) is 0 Å². The monoisotopic (exact) mass is 462 g/mol. The van der Waals surface area contributed by atoms with E-state index in [0.717, 1.165) is 21.6 Å². The lowest BCUT2D eigenvalue weighted by atomic mass is 10.1. The Bertz CT molecular complexity index is 1520. The average molecular weight is 463 g/mol. The maximum Gasteiger partial charge on any atom is 0.268 e. The van der Waals surface area contributed by atoms with Crippen molar-refractivity contribution in [2.45, 2.75) is 27.3 Å². The summed E-state index contributed by atoms with van der Waals surface area (Å²) in [5, 5.41) is 5.31. The summed E-state index contributed by atoms with van der Waals surface area (Å²) in [6.45, 7) is 6.50. The van der Waals surface area contributed by atoms with Crippen molar-refractivity contribution >= 4 is 33.2 Å². The Hall–Kier alpha value is -3.29. The molecule has 5 aromatic rings. The largest absolute Gasteiger partial charge is 0.333 e. The van der Waals surface area contributed by atoms with Crippen molar-refractivity contribution in [3.8, 4) is 22.2 Å². The van der Waals surface area contributed by atoms with Gasteiger partial charge in [-0.05, 0) is 67.3 Å². The molecule has 2 aromatic carbocycles. The second kappa shape index (κ2) is 8.00. The van der Waals surface area contributed by atoms with Crippen LogP contribution in [0.5, 0.6) is 0 Å². The second-order valence-corrected chi connectivity index (χ2v) is 9.20. The molecule has 0 atom stereocenters. The van der Waals surface area contributed by atoms with Crippen molar-refractivity contribution in [3.63, 3.8) is 0 Å². The third-order valence-electron chi connectivity index (χ3n) is 5.56. The van der Waals surface area contributed by atoms with Crippen molar-refractivity contribution in [1.82, 2.24) is 19.7 Å². The number of nitrogens with zero attached hydrogens (tertiary/aromatic N) is 4. The number of thiophene rings is 1. The molecule has 3 aromatic heterocycles. The van der Waals surface area contributed by atoms with Crippen LogP contribution >= 0.6 is 22.9 Å². The van der Waals surface area contributed by atoms with Crippen LogP contribution in [0.15, 0.2) is 58.1 Å². The van der Waals surface area contributed by atoms with Gasteiger partial charge in [0.05, 0.1) is 23.1 Å². The first kappa shape index (κ1) is 20.6. The zero-order valence-corrected chi connectivity index (χ0v) is 19.3. The minimum absolute atomic E-state index is 0.0781. The summed E-state index contributed by atoms with van der Waals surface area (Å²) in [6.07, 6.45) is 1.60. The third-order valence-corrected chi connectivity index (χ3v) is 7.00. The number of rotatable bonds is 4. The van der Waals surface area contributed by atoms with Gasteiger partial charge in [-0.25, -0.2) is 4.98 Å². The standard InChI is InChI=1S/C24H19ClN4O2S/c1-13-4-5-16(10-14(13)2)11-29-12-26-23-19(24(29)30)15(3)20(32-23)22-27-21(28-31-22)17-6-8-18(25)9-7-17/h4-10,12H,11H2,1-3H3. The third kappa shape index (κ3) is 3.63. The molecule has 0 fully saturated rings. The fraction of sp³-hybridized carbons (Fsp3) is 0.167. The molecule has 3 heterocycles. The SMILES string of the molecule is Cc1ccc(Cn2cnc3sc(-c4nc(-c5ccc(Cl)cc5)no4)c(C)c3c2=O)cc1C. The summed E-state index contributed by atoms with van der Waals surface area (Å²) >= 11 is 7.34. The van der Waals surface area contributed by atoms with Crippen LogP contribution in [0.25, 0.3) is 32.4 Å². The highest BCUT2D eigenvalue weighted by Gasteiger charge is 2.20. The Kier molecular flexibility index (Phi) is 5.15. The van der Waals surface area contributed by atoms with Gasteiger partial charge in [0.25, 0.3) is 11.4 Å². The molecule has 6 nitrogen and oxygen atoms in total. The Labute approximate surface area is 193 Å². The number of hydrogen-bond donors (Lipinski definition) is 0. The highest BCUT2D eigenvalue weighted by molar-refractivity contribution is 7.22. The molecule has 0 saturated heterocycles. The molecule has 0 aliphatic carbocycles. The summed E-state index contributed by atoms with van der Waals surface area (Å²) in [6, 6.07) is 13.4. The summed E-state index contributed by atoms with van der Waals surface area (Å²) in [5.41, 5.74) is 5.01. The maximum absolute atomic E-state index is 13.3. The summed E-state index contributed by atoms with van der Waals surface area (Å²) in [7, 11) is 0. The molecule has 5 rings (SSSR count). The van der Waals surface area contributed by atoms with Gasteiger partial charge in [-0.15, -0.1) is 11.3 Å². The van der Waals surface area contributed by atoms with E-state index in [1.165, 1.54) is 22.5 Å². The van der Waals surface area contributed by atoms with E-state index in [-0.39, 0.29) is 5.56 Å². The molecule has 0 spiro atoms.